The Hall–Kier alpha value is -0.450. The maximum absolute atomic E-state index is 5.87. The van der Waals surface area contributed by atoms with Gasteiger partial charge in [0.25, 0.3) is 0 Å². The molecule has 0 radical (unpaired) electrons. The maximum atomic E-state index is 5.87. The predicted octanol–water partition coefficient (Wildman–Crippen LogP) is 3.23. The van der Waals surface area contributed by atoms with Crippen molar-refractivity contribution in [3.63, 3.8) is 0 Å². The number of aromatic nitrogens is 1. The molecule has 1 aliphatic heterocycles. The van der Waals surface area contributed by atoms with Crippen LogP contribution in [0, 0.1) is 0 Å². The van der Waals surface area contributed by atoms with E-state index >= 15 is 0 Å². The first-order chi connectivity index (χ1) is 8.19. The summed E-state index contributed by atoms with van der Waals surface area (Å²) in [6, 6.07) is 0.461. The van der Waals surface area contributed by atoms with Gasteiger partial charge in [0.1, 0.15) is 10.6 Å². The molecule has 1 aromatic heterocycles. The molecular formula is C13H22N2OS. The molecule has 1 aliphatic rings. The minimum atomic E-state index is -0.212. The van der Waals surface area contributed by atoms with Crippen LogP contribution in [0.1, 0.15) is 56.8 Å². The van der Waals surface area contributed by atoms with Crippen LogP contribution in [0.5, 0.6) is 0 Å². The van der Waals surface area contributed by atoms with E-state index in [4.69, 9.17) is 9.72 Å². The summed E-state index contributed by atoms with van der Waals surface area (Å²) in [6.45, 7) is 8.20. The highest BCUT2D eigenvalue weighted by molar-refractivity contribution is 7.09. The summed E-state index contributed by atoms with van der Waals surface area (Å²) in [5, 5.41) is 6.79. The maximum Gasteiger partial charge on any atom is 0.125 e. The van der Waals surface area contributed by atoms with Gasteiger partial charge in [0.05, 0.1) is 11.7 Å². The van der Waals surface area contributed by atoms with Crippen molar-refractivity contribution in [1.82, 2.24) is 10.3 Å². The zero-order valence-corrected chi connectivity index (χ0v) is 11.8. The van der Waals surface area contributed by atoms with Gasteiger partial charge in [-0.2, -0.15) is 0 Å². The fraction of sp³-hybridized carbons (Fsp3) is 0.769. The smallest absolute Gasteiger partial charge is 0.125 e. The molecule has 1 unspecified atom stereocenters. The van der Waals surface area contributed by atoms with Crippen molar-refractivity contribution < 1.29 is 4.74 Å². The van der Waals surface area contributed by atoms with Crippen LogP contribution in [0.3, 0.4) is 0 Å². The van der Waals surface area contributed by atoms with Gasteiger partial charge in [0, 0.05) is 12.0 Å². The molecule has 1 N–H and O–H groups in total. The molecule has 1 saturated heterocycles. The van der Waals surface area contributed by atoms with Gasteiger partial charge in [-0.05, 0) is 39.7 Å². The van der Waals surface area contributed by atoms with Crippen LogP contribution in [-0.4, -0.2) is 18.1 Å². The summed E-state index contributed by atoms with van der Waals surface area (Å²) in [5.74, 6) is 0. The third-order valence-electron chi connectivity index (χ3n) is 3.53. The van der Waals surface area contributed by atoms with E-state index < -0.39 is 0 Å². The molecule has 0 spiro atoms. The highest BCUT2D eigenvalue weighted by Crippen LogP contribution is 2.34. The van der Waals surface area contributed by atoms with Gasteiger partial charge in [-0.15, -0.1) is 11.3 Å². The van der Waals surface area contributed by atoms with Crippen molar-refractivity contribution >= 4 is 11.3 Å². The average Bonchev–Trinajstić information content (AvgIpc) is 2.99. The lowest BCUT2D eigenvalue weighted by Crippen LogP contribution is -2.25. The molecule has 0 aromatic carbocycles. The van der Waals surface area contributed by atoms with Crippen molar-refractivity contribution in [2.75, 3.05) is 13.2 Å². The summed E-state index contributed by atoms with van der Waals surface area (Å²) in [4.78, 5) is 4.78. The van der Waals surface area contributed by atoms with Gasteiger partial charge in [-0.25, -0.2) is 4.98 Å². The van der Waals surface area contributed by atoms with E-state index in [2.05, 4.69) is 24.5 Å². The topological polar surface area (TPSA) is 34.1 Å². The Morgan fingerprint density at radius 2 is 2.41 bits per heavy atom. The van der Waals surface area contributed by atoms with E-state index in [0.717, 1.165) is 24.6 Å². The van der Waals surface area contributed by atoms with Gasteiger partial charge < -0.3 is 10.1 Å². The second-order valence-electron chi connectivity index (χ2n) is 4.74. The van der Waals surface area contributed by atoms with Crippen LogP contribution in [0.2, 0.25) is 0 Å². The molecule has 0 bridgehead atoms. The van der Waals surface area contributed by atoms with Crippen LogP contribution < -0.4 is 5.32 Å². The lowest BCUT2D eigenvalue weighted by atomic mass is 10.0. The highest BCUT2D eigenvalue weighted by atomic mass is 32.1. The molecule has 17 heavy (non-hydrogen) atoms. The molecule has 0 saturated carbocycles. The molecular weight excluding hydrogens is 232 g/mol. The highest BCUT2D eigenvalue weighted by Gasteiger charge is 2.30. The van der Waals surface area contributed by atoms with E-state index in [1.807, 2.05) is 6.92 Å². The van der Waals surface area contributed by atoms with Crippen LogP contribution in [0.15, 0.2) is 5.38 Å². The largest absolute Gasteiger partial charge is 0.368 e. The number of hydrogen-bond acceptors (Lipinski definition) is 4. The van der Waals surface area contributed by atoms with E-state index in [0.29, 0.717) is 6.04 Å². The lowest BCUT2D eigenvalue weighted by Gasteiger charge is -2.25. The molecule has 96 valence electrons. The van der Waals surface area contributed by atoms with Crippen LogP contribution in [-0.2, 0) is 10.3 Å². The zero-order valence-electron chi connectivity index (χ0n) is 11.0. The fourth-order valence-corrected chi connectivity index (χ4v) is 3.32. The average molecular weight is 254 g/mol. The van der Waals surface area contributed by atoms with Crippen molar-refractivity contribution in [2.45, 2.75) is 51.7 Å². The summed E-state index contributed by atoms with van der Waals surface area (Å²) < 4.78 is 5.87. The van der Waals surface area contributed by atoms with Crippen molar-refractivity contribution in [2.24, 2.45) is 0 Å². The molecule has 1 aromatic rings. The molecule has 0 aliphatic carbocycles. The van der Waals surface area contributed by atoms with Crippen molar-refractivity contribution in [1.29, 1.82) is 0 Å². The Bertz CT molecular complexity index is 360. The summed E-state index contributed by atoms with van der Waals surface area (Å²) >= 11 is 1.73. The minimum absolute atomic E-state index is 0.212. The number of nitrogens with zero attached hydrogens (tertiary/aromatic N) is 1. The number of ether oxygens (including phenoxy) is 1. The number of rotatable bonds is 5. The minimum Gasteiger partial charge on any atom is -0.368 e. The number of thiazole rings is 1. The summed E-state index contributed by atoms with van der Waals surface area (Å²) in [6.07, 6.45) is 3.43. The van der Waals surface area contributed by atoms with Gasteiger partial charge in [0.15, 0.2) is 0 Å². The van der Waals surface area contributed by atoms with Gasteiger partial charge in [-0.3, -0.25) is 0 Å². The van der Waals surface area contributed by atoms with Crippen molar-refractivity contribution in [3.05, 3.63) is 16.1 Å². The van der Waals surface area contributed by atoms with E-state index in [9.17, 15) is 0 Å². The second kappa shape index (κ2) is 5.46. The van der Waals surface area contributed by atoms with E-state index in [1.165, 1.54) is 18.5 Å². The number of nitrogens with one attached hydrogen (secondary N) is 1. The van der Waals surface area contributed by atoms with Crippen molar-refractivity contribution in [3.8, 4) is 0 Å². The monoisotopic (exact) mass is 254 g/mol. The second-order valence-corrected chi connectivity index (χ2v) is 5.60. The number of hydrogen-bond donors (Lipinski definition) is 1. The first kappa shape index (κ1) is 13.0. The van der Waals surface area contributed by atoms with Crippen LogP contribution >= 0.6 is 11.3 Å². The normalized spacial score (nSPS) is 23.8. The Kier molecular flexibility index (Phi) is 4.17. The predicted molar refractivity (Wildman–Crippen MR) is 71.4 cm³/mol. The first-order valence-electron chi connectivity index (χ1n) is 6.53. The summed E-state index contributed by atoms with van der Waals surface area (Å²) in [5.41, 5.74) is 0.984. The fourth-order valence-electron chi connectivity index (χ4n) is 2.26. The van der Waals surface area contributed by atoms with E-state index in [-0.39, 0.29) is 5.60 Å². The molecule has 2 atom stereocenters. The van der Waals surface area contributed by atoms with Gasteiger partial charge in [0.2, 0.25) is 0 Å². The van der Waals surface area contributed by atoms with Crippen LogP contribution in [0.4, 0.5) is 0 Å². The Morgan fingerprint density at radius 3 is 3.00 bits per heavy atom. The van der Waals surface area contributed by atoms with E-state index in [1.54, 1.807) is 11.3 Å². The van der Waals surface area contributed by atoms with Crippen LogP contribution in [0.25, 0.3) is 0 Å². The standard InChI is InChI=1S/C13H22N2OS/c1-4-13(3,16-5-2)12-15-11(9-17-12)10-7-6-8-14-10/h9-10,14H,4-8H2,1-3H3/t10-,13?/m1/s1. The zero-order chi connectivity index (χ0) is 12.3. The third-order valence-corrected chi connectivity index (χ3v) is 4.63. The molecule has 2 heterocycles. The molecule has 0 amide bonds. The molecule has 1 fully saturated rings. The molecule has 2 rings (SSSR count). The van der Waals surface area contributed by atoms with Gasteiger partial charge in [-0.1, -0.05) is 6.92 Å². The molecule has 4 heteroatoms. The third kappa shape index (κ3) is 2.69. The Labute approximate surface area is 108 Å². The summed E-state index contributed by atoms with van der Waals surface area (Å²) in [7, 11) is 0. The Morgan fingerprint density at radius 1 is 1.59 bits per heavy atom. The van der Waals surface area contributed by atoms with Gasteiger partial charge >= 0.3 is 0 Å². The lowest BCUT2D eigenvalue weighted by molar-refractivity contribution is -0.0325. The Balaban J connectivity index is 2.15. The SMILES string of the molecule is CCOC(C)(CC)c1nc([C@H]2CCCN2)cs1. The quantitative estimate of drug-likeness (QED) is 0.876. The first-order valence-corrected chi connectivity index (χ1v) is 7.41. The molecule has 3 nitrogen and oxygen atoms in total.